The van der Waals surface area contributed by atoms with Crippen LogP contribution in [-0.2, 0) is 34.3 Å². The molecular weight excluding hydrogens is 771 g/mol. The Balaban J connectivity index is 2.66. The number of thioether (sulfide) groups is 1. The third-order valence-corrected chi connectivity index (χ3v) is 8.18. The maximum Gasteiger partial charge on any atom is 0.408 e. The number of carbonyl (C=O) groups excluding carboxylic acids is 6. The van der Waals surface area contributed by atoms with Gasteiger partial charge >= 0.3 is 24.4 Å². The molecule has 0 bridgehead atoms. The van der Waals surface area contributed by atoms with Crippen molar-refractivity contribution < 1.29 is 52.5 Å². The molecule has 2 atom stereocenters. The molecule has 5 N–H and O–H groups in total. The lowest BCUT2D eigenvalue weighted by Crippen LogP contribution is -2.48. The zero-order chi connectivity index (χ0) is 44.2. The van der Waals surface area contributed by atoms with Crippen molar-refractivity contribution in [1.82, 2.24) is 26.6 Å². The van der Waals surface area contributed by atoms with E-state index in [2.05, 4.69) is 26.6 Å². The number of nitrogens with one attached hydrogen (secondary N) is 5. The van der Waals surface area contributed by atoms with Gasteiger partial charge in [0.15, 0.2) is 0 Å². The molecule has 2 unspecified atom stereocenters. The van der Waals surface area contributed by atoms with Gasteiger partial charge < -0.3 is 50.3 Å². The second-order valence-corrected chi connectivity index (χ2v) is 18.6. The summed E-state index contributed by atoms with van der Waals surface area (Å²) >= 11 is 1.07. The van der Waals surface area contributed by atoms with Crippen LogP contribution in [0.3, 0.4) is 0 Å². The van der Waals surface area contributed by atoms with E-state index >= 15 is 0 Å². The number of alkyl carbamates (subject to hydrolysis) is 4. The lowest BCUT2D eigenvalue weighted by Gasteiger charge is -2.23. The van der Waals surface area contributed by atoms with Crippen LogP contribution >= 0.6 is 11.8 Å². The first-order chi connectivity index (χ1) is 26.7. The van der Waals surface area contributed by atoms with E-state index in [0.29, 0.717) is 63.1 Å². The van der Waals surface area contributed by atoms with Crippen LogP contribution in [0, 0.1) is 0 Å². The van der Waals surface area contributed by atoms with Crippen molar-refractivity contribution in [2.75, 3.05) is 26.2 Å². The SMILES string of the molecule is CC(C)(C)OC(=O)NCCCCC(NC(=O)OC(C)(C)C)C(=O)NCCOc1ccc(CSC(=O)C(CCCCNC(=O)OC(C)(C)C)NC(=O)OC(C)(C)C)cc1. The summed E-state index contributed by atoms with van der Waals surface area (Å²) in [5.74, 6) is 0.508. The van der Waals surface area contributed by atoms with Crippen LogP contribution in [-0.4, -0.2) is 96.1 Å². The maximum absolute atomic E-state index is 13.3. The summed E-state index contributed by atoms with van der Waals surface area (Å²) in [6.07, 6.45) is 0.471. The van der Waals surface area contributed by atoms with E-state index in [9.17, 15) is 28.8 Å². The Labute approximate surface area is 349 Å². The molecule has 17 heteroatoms. The van der Waals surface area contributed by atoms with Gasteiger partial charge in [-0.15, -0.1) is 0 Å². The molecule has 0 saturated carbocycles. The van der Waals surface area contributed by atoms with E-state index < -0.39 is 64.8 Å². The molecule has 16 nitrogen and oxygen atoms in total. The van der Waals surface area contributed by atoms with Crippen molar-refractivity contribution in [3.63, 3.8) is 0 Å². The van der Waals surface area contributed by atoms with Crippen molar-refractivity contribution in [2.24, 2.45) is 0 Å². The lowest BCUT2D eigenvalue weighted by atomic mass is 10.1. The van der Waals surface area contributed by atoms with Crippen molar-refractivity contribution in [3.8, 4) is 5.75 Å². The molecule has 58 heavy (non-hydrogen) atoms. The largest absolute Gasteiger partial charge is 0.492 e. The van der Waals surface area contributed by atoms with Crippen LogP contribution < -0.4 is 31.3 Å². The van der Waals surface area contributed by atoms with Crippen LogP contribution in [0.4, 0.5) is 19.2 Å². The molecule has 1 rings (SSSR count). The minimum absolute atomic E-state index is 0.155. The first kappa shape index (κ1) is 51.6. The number of carbonyl (C=O) groups is 6. The summed E-state index contributed by atoms with van der Waals surface area (Å²) in [4.78, 5) is 75.2. The van der Waals surface area contributed by atoms with Gasteiger partial charge in [-0.3, -0.25) is 9.59 Å². The van der Waals surface area contributed by atoms with Gasteiger partial charge in [-0.2, -0.15) is 0 Å². The van der Waals surface area contributed by atoms with Gasteiger partial charge in [-0.25, -0.2) is 19.2 Å². The minimum Gasteiger partial charge on any atom is -0.492 e. The number of benzene rings is 1. The van der Waals surface area contributed by atoms with Gasteiger partial charge in [-0.05, 0) is 139 Å². The van der Waals surface area contributed by atoms with E-state index in [-0.39, 0.29) is 18.3 Å². The number of unbranched alkanes of at least 4 members (excludes halogenated alkanes) is 2. The first-order valence-corrected chi connectivity index (χ1v) is 20.8. The third kappa shape index (κ3) is 27.3. The molecule has 0 heterocycles. The number of hydrogen-bond donors (Lipinski definition) is 5. The Hall–Kier alpha value is -4.41. The number of amides is 5. The summed E-state index contributed by atoms with van der Waals surface area (Å²) in [6, 6.07) is 5.51. The predicted molar refractivity (Wildman–Crippen MR) is 224 cm³/mol. The highest BCUT2D eigenvalue weighted by atomic mass is 32.2. The Morgan fingerprint density at radius 1 is 0.534 bits per heavy atom. The second kappa shape index (κ2) is 24.5. The van der Waals surface area contributed by atoms with Gasteiger partial charge in [0.05, 0.1) is 6.54 Å². The highest BCUT2D eigenvalue weighted by Crippen LogP contribution is 2.21. The molecule has 1 aromatic carbocycles. The van der Waals surface area contributed by atoms with Gasteiger partial charge in [0.1, 0.15) is 46.8 Å². The van der Waals surface area contributed by atoms with Crippen LogP contribution in [0.2, 0.25) is 0 Å². The molecule has 0 spiro atoms. The minimum atomic E-state index is -0.865. The quantitative estimate of drug-likeness (QED) is 0.0657. The topological polar surface area (TPSA) is 209 Å². The van der Waals surface area contributed by atoms with E-state index in [1.165, 1.54) is 0 Å². The summed E-state index contributed by atoms with van der Waals surface area (Å²) in [5.41, 5.74) is -1.84. The Morgan fingerprint density at radius 3 is 1.40 bits per heavy atom. The molecule has 5 amide bonds. The third-order valence-electron chi connectivity index (χ3n) is 7.13. The van der Waals surface area contributed by atoms with Crippen LogP contribution in [0.5, 0.6) is 5.75 Å². The molecule has 1 aromatic rings. The summed E-state index contributed by atoms with van der Waals surface area (Å²) in [7, 11) is 0. The number of hydrogen-bond acceptors (Lipinski definition) is 12. The summed E-state index contributed by atoms with van der Waals surface area (Å²) in [6.45, 7) is 22.1. The van der Waals surface area contributed by atoms with Crippen molar-refractivity contribution >= 4 is 47.2 Å². The van der Waals surface area contributed by atoms with Crippen LogP contribution in [0.25, 0.3) is 0 Å². The normalized spacial score (nSPS) is 12.9. The maximum atomic E-state index is 13.3. The molecule has 0 aliphatic heterocycles. The fourth-order valence-corrected chi connectivity index (χ4v) is 5.66. The molecule has 0 aliphatic carbocycles. The highest BCUT2D eigenvalue weighted by molar-refractivity contribution is 8.13. The van der Waals surface area contributed by atoms with Crippen molar-refractivity contribution in [1.29, 1.82) is 0 Å². The van der Waals surface area contributed by atoms with Crippen molar-refractivity contribution in [3.05, 3.63) is 29.8 Å². The van der Waals surface area contributed by atoms with E-state index in [1.807, 2.05) is 12.1 Å². The van der Waals surface area contributed by atoms with Crippen LogP contribution in [0.1, 0.15) is 127 Å². The Kier molecular flexibility index (Phi) is 21.8. The molecule has 0 aromatic heterocycles. The predicted octanol–water partition coefficient (Wildman–Crippen LogP) is 7.12. The van der Waals surface area contributed by atoms with Crippen LogP contribution in [0.15, 0.2) is 24.3 Å². The molecule has 330 valence electrons. The molecule has 0 fully saturated rings. The smallest absolute Gasteiger partial charge is 0.408 e. The highest BCUT2D eigenvalue weighted by Gasteiger charge is 2.26. The van der Waals surface area contributed by atoms with E-state index in [0.717, 1.165) is 17.3 Å². The zero-order valence-electron chi connectivity index (χ0n) is 36.6. The fourth-order valence-electron chi connectivity index (χ4n) is 4.78. The van der Waals surface area contributed by atoms with E-state index in [1.54, 1.807) is 95.2 Å². The number of rotatable bonds is 20. The first-order valence-electron chi connectivity index (χ1n) is 19.8. The summed E-state index contributed by atoms with van der Waals surface area (Å²) < 4.78 is 27.0. The number of ether oxygens (including phenoxy) is 5. The monoisotopic (exact) mass is 839 g/mol. The fraction of sp³-hybridized carbons (Fsp3) is 0.707. The lowest BCUT2D eigenvalue weighted by molar-refractivity contribution is -0.123. The molecule has 0 aliphatic rings. The van der Waals surface area contributed by atoms with Crippen molar-refractivity contribution in [2.45, 2.75) is 162 Å². The molecular formula is C41H69N5O11S. The summed E-state index contributed by atoms with van der Waals surface area (Å²) in [5, 5.41) is 13.3. The second-order valence-electron chi connectivity index (χ2n) is 17.6. The molecule has 0 saturated heterocycles. The average molecular weight is 840 g/mol. The van der Waals surface area contributed by atoms with E-state index in [4.69, 9.17) is 23.7 Å². The Bertz CT molecular complexity index is 1460. The van der Waals surface area contributed by atoms with Gasteiger partial charge in [-0.1, -0.05) is 23.9 Å². The van der Waals surface area contributed by atoms with Gasteiger partial charge in [0.25, 0.3) is 0 Å². The van der Waals surface area contributed by atoms with Gasteiger partial charge in [0, 0.05) is 18.8 Å². The van der Waals surface area contributed by atoms with Gasteiger partial charge in [0.2, 0.25) is 11.0 Å². The standard InChI is InChI=1S/C41H69N5O11S/c1-38(2,3)54-34(49)43-23-15-13-17-30(45-36(51)56-40(7,8)9)32(47)42-25-26-53-29-21-19-28(20-22-29)27-58-33(48)31(46-37(52)57-41(10,11)12)18-14-16-24-44-35(50)55-39(4,5)6/h19-22,30-31H,13-18,23-27H2,1-12H3,(H,42,47)(H,43,49)(H,44,50)(H,45,51)(H,46,52). The Morgan fingerprint density at radius 2 is 0.948 bits per heavy atom. The molecule has 0 radical (unpaired) electrons. The zero-order valence-corrected chi connectivity index (χ0v) is 37.5. The average Bonchev–Trinajstić information content (AvgIpc) is 3.04.